The Bertz CT molecular complexity index is 1250. The van der Waals surface area contributed by atoms with Gasteiger partial charge < -0.3 is 16.8 Å². The monoisotopic (exact) mass is 442 g/mol. The topological polar surface area (TPSA) is 103 Å². The highest BCUT2D eigenvalue weighted by atomic mass is 32.1. The molecular weight excluding hydrogens is 416 g/mol. The van der Waals surface area contributed by atoms with Gasteiger partial charge in [-0.3, -0.25) is 4.98 Å². The third kappa shape index (κ3) is 5.48. The van der Waals surface area contributed by atoms with Crippen LogP contribution in [0.1, 0.15) is 25.0 Å². The number of hydrogen-bond acceptors (Lipinski definition) is 7. The highest BCUT2D eigenvalue weighted by molar-refractivity contribution is 7.18. The first-order chi connectivity index (χ1) is 15.4. The summed E-state index contributed by atoms with van der Waals surface area (Å²) in [6, 6.07) is 14.0. The Balaban J connectivity index is 1.67. The van der Waals surface area contributed by atoms with Gasteiger partial charge in [-0.1, -0.05) is 42.2 Å². The fraction of sp³-hybridized carbons (Fsp3) is 0.240. The van der Waals surface area contributed by atoms with Crippen LogP contribution in [0, 0.1) is 11.8 Å². The summed E-state index contributed by atoms with van der Waals surface area (Å²) in [5.41, 5.74) is 15.6. The zero-order valence-corrected chi connectivity index (χ0v) is 19.0. The smallest absolute Gasteiger partial charge is 0.162 e. The van der Waals surface area contributed by atoms with Crippen LogP contribution in [0.25, 0.3) is 21.6 Å². The molecule has 0 fully saturated rings. The molecule has 0 spiro atoms. The van der Waals surface area contributed by atoms with E-state index in [9.17, 15) is 0 Å². The Labute approximate surface area is 192 Å². The Morgan fingerprint density at radius 3 is 2.56 bits per heavy atom. The van der Waals surface area contributed by atoms with E-state index in [1.807, 2.05) is 49.6 Å². The van der Waals surface area contributed by atoms with Crippen molar-refractivity contribution in [3.05, 3.63) is 71.4 Å². The van der Waals surface area contributed by atoms with Crippen LogP contribution in [0.3, 0.4) is 0 Å². The molecule has 0 aliphatic rings. The molecule has 0 aliphatic carbocycles. The van der Waals surface area contributed by atoms with E-state index >= 15 is 0 Å². The first-order valence-electron chi connectivity index (χ1n) is 10.4. The van der Waals surface area contributed by atoms with Crippen molar-refractivity contribution < 1.29 is 0 Å². The second-order valence-electron chi connectivity index (χ2n) is 8.26. The summed E-state index contributed by atoms with van der Waals surface area (Å²) >= 11 is 1.57. The van der Waals surface area contributed by atoms with Gasteiger partial charge in [-0.05, 0) is 38.0 Å². The zero-order chi connectivity index (χ0) is 22.6. The number of fused-ring (bicyclic) bond motifs is 1. The molecule has 3 heterocycles. The van der Waals surface area contributed by atoms with Crippen LogP contribution in [0.15, 0.2) is 60.2 Å². The molecule has 32 heavy (non-hydrogen) atoms. The molecule has 162 valence electrons. The van der Waals surface area contributed by atoms with Crippen molar-refractivity contribution >= 4 is 27.4 Å². The maximum Gasteiger partial charge on any atom is 0.162 e. The highest BCUT2D eigenvalue weighted by Crippen LogP contribution is 2.32. The van der Waals surface area contributed by atoms with E-state index in [2.05, 4.69) is 34.3 Å². The van der Waals surface area contributed by atoms with Crippen molar-refractivity contribution in [2.75, 3.05) is 11.9 Å². The first-order valence-corrected chi connectivity index (χ1v) is 11.3. The van der Waals surface area contributed by atoms with Crippen LogP contribution in [0.5, 0.6) is 0 Å². The van der Waals surface area contributed by atoms with Crippen molar-refractivity contribution in [1.82, 2.24) is 15.0 Å². The fourth-order valence-corrected chi connectivity index (χ4v) is 4.11. The first kappa shape index (κ1) is 21.9. The van der Waals surface area contributed by atoms with E-state index in [-0.39, 0.29) is 6.04 Å². The number of nitrogens with zero attached hydrogens (tertiary/aromatic N) is 3. The maximum absolute atomic E-state index is 6.40. The van der Waals surface area contributed by atoms with Crippen molar-refractivity contribution in [3.63, 3.8) is 0 Å². The molecule has 1 aromatic carbocycles. The van der Waals surface area contributed by atoms with Crippen LogP contribution in [0.2, 0.25) is 0 Å². The van der Waals surface area contributed by atoms with Gasteiger partial charge >= 0.3 is 0 Å². The number of nitrogens with one attached hydrogen (secondary N) is 1. The molecule has 0 saturated carbocycles. The average Bonchev–Trinajstić information content (AvgIpc) is 3.20. The van der Waals surface area contributed by atoms with Crippen LogP contribution in [-0.2, 0) is 6.42 Å². The Morgan fingerprint density at radius 1 is 1.09 bits per heavy atom. The lowest BCUT2D eigenvalue weighted by Gasteiger charge is -2.14. The summed E-state index contributed by atoms with van der Waals surface area (Å²) in [6.07, 6.45) is 4.25. The molecule has 7 heteroatoms. The predicted molar refractivity (Wildman–Crippen MR) is 132 cm³/mol. The lowest BCUT2D eigenvalue weighted by atomic mass is 10.1. The molecular formula is C25H26N6S. The number of nitrogens with two attached hydrogens (primary N) is 2. The van der Waals surface area contributed by atoms with Crippen molar-refractivity contribution in [2.45, 2.75) is 31.8 Å². The number of thiophene rings is 1. The SMILES string of the molecule is CC(C)(N)C#Cc1csc2c(NC[C@@H](N)Cc3ccccc3)nc(-c3ccncc3)nc12. The molecule has 4 rings (SSSR count). The second-order valence-corrected chi connectivity index (χ2v) is 9.14. The largest absolute Gasteiger partial charge is 0.367 e. The van der Waals surface area contributed by atoms with Gasteiger partial charge in [0.25, 0.3) is 0 Å². The van der Waals surface area contributed by atoms with Crippen molar-refractivity contribution in [1.29, 1.82) is 0 Å². The molecule has 0 saturated heterocycles. The molecule has 6 nitrogen and oxygen atoms in total. The van der Waals surface area contributed by atoms with Crippen LogP contribution >= 0.6 is 11.3 Å². The molecule has 3 aromatic heterocycles. The molecule has 4 aromatic rings. The average molecular weight is 443 g/mol. The second kappa shape index (κ2) is 9.45. The minimum atomic E-state index is -0.583. The van der Waals surface area contributed by atoms with E-state index in [4.69, 9.17) is 21.4 Å². The Morgan fingerprint density at radius 2 is 1.84 bits per heavy atom. The molecule has 0 amide bonds. The fourth-order valence-electron chi connectivity index (χ4n) is 3.20. The molecule has 0 bridgehead atoms. The normalized spacial score (nSPS) is 12.2. The summed E-state index contributed by atoms with van der Waals surface area (Å²) in [5, 5.41) is 5.45. The van der Waals surface area contributed by atoms with Crippen LogP contribution in [-0.4, -0.2) is 33.1 Å². The predicted octanol–water partition coefficient (Wildman–Crippen LogP) is 3.82. The van der Waals surface area contributed by atoms with Gasteiger partial charge in [0.1, 0.15) is 11.3 Å². The number of rotatable bonds is 6. The summed E-state index contributed by atoms with van der Waals surface area (Å²) in [4.78, 5) is 13.7. The van der Waals surface area contributed by atoms with Crippen LogP contribution < -0.4 is 16.8 Å². The Hall–Kier alpha value is -3.31. The molecule has 0 radical (unpaired) electrons. The Kier molecular flexibility index (Phi) is 6.47. The van der Waals surface area contributed by atoms with E-state index in [1.165, 1.54) is 5.56 Å². The van der Waals surface area contributed by atoms with Gasteiger partial charge in [-0.15, -0.1) is 11.3 Å². The van der Waals surface area contributed by atoms with E-state index in [0.717, 1.165) is 33.6 Å². The van der Waals surface area contributed by atoms with Crippen LogP contribution in [0.4, 0.5) is 5.82 Å². The lowest BCUT2D eigenvalue weighted by Crippen LogP contribution is -2.31. The summed E-state index contributed by atoms with van der Waals surface area (Å²) in [5.74, 6) is 7.67. The number of pyridine rings is 1. The number of hydrogen-bond donors (Lipinski definition) is 3. The molecule has 0 unspecified atom stereocenters. The van der Waals surface area contributed by atoms with Gasteiger partial charge in [0, 0.05) is 35.9 Å². The van der Waals surface area contributed by atoms with Gasteiger partial charge in [0.2, 0.25) is 0 Å². The van der Waals surface area contributed by atoms with Gasteiger partial charge in [0.05, 0.1) is 15.8 Å². The van der Waals surface area contributed by atoms with Crippen molar-refractivity contribution in [2.24, 2.45) is 11.5 Å². The van der Waals surface area contributed by atoms with Crippen molar-refractivity contribution in [3.8, 4) is 23.2 Å². The summed E-state index contributed by atoms with van der Waals surface area (Å²) in [7, 11) is 0. The minimum Gasteiger partial charge on any atom is -0.367 e. The van der Waals surface area contributed by atoms with Gasteiger partial charge in [-0.25, -0.2) is 9.97 Å². The highest BCUT2D eigenvalue weighted by Gasteiger charge is 2.15. The summed E-state index contributed by atoms with van der Waals surface area (Å²) in [6.45, 7) is 4.35. The van der Waals surface area contributed by atoms with E-state index in [0.29, 0.717) is 12.4 Å². The van der Waals surface area contributed by atoms with E-state index in [1.54, 1.807) is 23.7 Å². The molecule has 0 aliphatic heterocycles. The molecule has 5 N–H and O–H groups in total. The number of benzene rings is 1. The minimum absolute atomic E-state index is 0.0518. The third-order valence-corrected chi connectivity index (χ3v) is 5.72. The third-order valence-electron chi connectivity index (χ3n) is 4.75. The number of aromatic nitrogens is 3. The van der Waals surface area contributed by atoms with Gasteiger partial charge in [0.15, 0.2) is 5.82 Å². The summed E-state index contributed by atoms with van der Waals surface area (Å²) < 4.78 is 0.953. The zero-order valence-electron chi connectivity index (χ0n) is 18.2. The standard InChI is InChI=1S/C25H26N6S/c1-25(2,27)11-8-19-16-32-22-21(19)30-23(18-9-12-28-13-10-18)31-24(22)29-15-20(26)14-17-6-4-3-5-7-17/h3-7,9-10,12-13,16,20H,14-15,26-27H2,1-2H3,(H,29,30,31)/t20-/m0/s1. The molecule has 1 atom stereocenters. The lowest BCUT2D eigenvalue weighted by molar-refractivity contribution is 0.680. The number of anilines is 1. The van der Waals surface area contributed by atoms with Gasteiger partial charge in [-0.2, -0.15) is 0 Å². The quantitative estimate of drug-likeness (QED) is 0.392. The van der Waals surface area contributed by atoms with E-state index < -0.39 is 5.54 Å². The maximum atomic E-state index is 6.40.